The lowest BCUT2D eigenvalue weighted by molar-refractivity contribution is -0.132. The van der Waals surface area contributed by atoms with Crippen molar-refractivity contribution < 1.29 is 4.79 Å². The lowest BCUT2D eigenvalue weighted by atomic mass is 9.99. The Bertz CT molecular complexity index is 431. The van der Waals surface area contributed by atoms with E-state index in [0.717, 1.165) is 32.5 Å². The van der Waals surface area contributed by atoms with E-state index in [0.29, 0.717) is 6.42 Å². The summed E-state index contributed by atoms with van der Waals surface area (Å²) < 4.78 is 0. The number of nitrogens with zero attached hydrogens (tertiary/aromatic N) is 1. The number of benzene rings is 1. The fraction of sp³-hybridized carbons (Fsp3) is 0.562. The van der Waals surface area contributed by atoms with Gasteiger partial charge in [0.05, 0.1) is 6.04 Å². The van der Waals surface area contributed by atoms with Crippen molar-refractivity contribution in [3.05, 3.63) is 35.4 Å². The number of carbonyl (C=O) groups is 1. The Morgan fingerprint density at radius 1 is 1.42 bits per heavy atom. The fourth-order valence-electron chi connectivity index (χ4n) is 2.86. The lowest BCUT2D eigenvalue weighted by Gasteiger charge is -2.26. The molecule has 1 heterocycles. The third kappa shape index (κ3) is 3.35. The highest BCUT2D eigenvalue weighted by atomic mass is 16.2. The average molecular weight is 260 g/mol. The van der Waals surface area contributed by atoms with Gasteiger partial charge in [-0.1, -0.05) is 31.2 Å². The zero-order valence-corrected chi connectivity index (χ0v) is 12.0. The van der Waals surface area contributed by atoms with E-state index in [1.165, 1.54) is 11.1 Å². The molecule has 0 saturated carbocycles. The molecule has 1 aromatic rings. The minimum absolute atomic E-state index is 0.284. The predicted molar refractivity (Wildman–Crippen MR) is 78.0 cm³/mol. The molecule has 1 saturated heterocycles. The molecule has 1 aliphatic rings. The van der Waals surface area contributed by atoms with Gasteiger partial charge in [-0.25, -0.2) is 0 Å². The van der Waals surface area contributed by atoms with Gasteiger partial charge in [0.2, 0.25) is 5.91 Å². The van der Waals surface area contributed by atoms with Crippen LogP contribution >= 0.6 is 0 Å². The summed E-state index contributed by atoms with van der Waals surface area (Å²) in [5.41, 5.74) is 2.61. The molecule has 0 aliphatic carbocycles. The van der Waals surface area contributed by atoms with Crippen molar-refractivity contribution in [3.8, 4) is 0 Å². The molecule has 1 atom stereocenters. The molecule has 1 aromatic carbocycles. The molecule has 1 N–H and O–H groups in total. The van der Waals surface area contributed by atoms with Crippen LogP contribution in [0.25, 0.3) is 0 Å². The second-order valence-electron chi connectivity index (χ2n) is 5.21. The summed E-state index contributed by atoms with van der Waals surface area (Å²) >= 11 is 0. The van der Waals surface area contributed by atoms with Crippen LogP contribution < -0.4 is 5.32 Å². The molecule has 1 aliphatic heterocycles. The molecule has 3 heteroatoms. The van der Waals surface area contributed by atoms with Gasteiger partial charge >= 0.3 is 0 Å². The summed E-state index contributed by atoms with van der Waals surface area (Å²) in [6.07, 6.45) is 2.82. The van der Waals surface area contributed by atoms with E-state index >= 15 is 0 Å². The van der Waals surface area contributed by atoms with Gasteiger partial charge < -0.3 is 10.2 Å². The average Bonchev–Trinajstić information content (AvgIpc) is 2.88. The largest absolute Gasteiger partial charge is 0.336 e. The molecule has 0 bridgehead atoms. The summed E-state index contributed by atoms with van der Waals surface area (Å²) in [4.78, 5) is 14.4. The van der Waals surface area contributed by atoms with Crippen molar-refractivity contribution in [2.24, 2.45) is 0 Å². The van der Waals surface area contributed by atoms with Crippen molar-refractivity contribution in [2.75, 3.05) is 19.6 Å². The van der Waals surface area contributed by atoms with Crippen LogP contribution in [0, 0.1) is 6.92 Å². The van der Waals surface area contributed by atoms with Gasteiger partial charge in [0.25, 0.3) is 0 Å². The van der Waals surface area contributed by atoms with Crippen LogP contribution in [0.2, 0.25) is 0 Å². The van der Waals surface area contributed by atoms with E-state index in [9.17, 15) is 4.79 Å². The first kappa shape index (κ1) is 14.1. The molecular formula is C16H24N2O. The van der Waals surface area contributed by atoms with E-state index < -0.39 is 0 Å². The Hall–Kier alpha value is -1.35. The van der Waals surface area contributed by atoms with Crippen molar-refractivity contribution in [1.29, 1.82) is 0 Å². The topological polar surface area (TPSA) is 32.3 Å². The smallest absolute Gasteiger partial charge is 0.224 e. The first-order valence-electron chi connectivity index (χ1n) is 7.29. The first-order valence-corrected chi connectivity index (χ1v) is 7.29. The summed E-state index contributed by atoms with van der Waals surface area (Å²) in [7, 11) is 0. The van der Waals surface area contributed by atoms with Crippen LogP contribution in [-0.2, 0) is 4.79 Å². The Morgan fingerprint density at radius 3 is 2.95 bits per heavy atom. The molecule has 1 fully saturated rings. The lowest BCUT2D eigenvalue weighted by Crippen LogP contribution is -2.33. The van der Waals surface area contributed by atoms with Gasteiger partial charge in [-0.2, -0.15) is 0 Å². The molecule has 1 amide bonds. The molecule has 1 unspecified atom stereocenters. The number of aryl methyl sites for hydroxylation is 1. The van der Waals surface area contributed by atoms with Gasteiger partial charge in [-0.05, 0) is 37.4 Å². The molecule has 104 valence electrons. The Kier molecular flexibility index (Phi) is 4.97. The number of hydrogen-bond donors (Lipinski definition) is 1. The third-order valence-corrected chi connectivity index (χ3v) is 3.89. The van der Waals surface area contributed by atoms with Crippen LogP contribution in [0.1, 0.15) is 43.4 Å². The third-order valence-electron chi connectivity index (χ3n) is 3.89. The highest BCUT2D eigenvalue weighted by molar-refractivity contribution is 5.77. The maximum atomic E-state index is 12.3. The second-order valence-corrected chi connectivity index (χ2v) is 5.21. The summed E-state index contributed by atoms with van der Waals surface area (Å²) in [5.74, 6) is 0.284. The van der Waals surface area contributed by atoms with E-state index in [1.807, 2.05) is 0 Å². The van der Waals surface area contributed by atoms with Crippen LogP contribution in [0.3, 0.4) is 0 Å². The van der Waals surface area contributed by atoms with Gasteiger partial charge in [-0.15, -0.1) is 0 Å². The maximum Gasteiger partial charge on any atom is 0.224 e. The molecule has 0 aromatic heterocycles. The molecular weight excluding hydrogens is 236 g/mol. The standard InChI is InChI=1S/C16H24N2O/c1-3-17-11-10-16(19)18-12-6-9-15(18)14-8-5-4-7-13(14)2/h4-5,7-8,15,17H,3,6,9-12H2,1-2H3. The minimum atomic E-state index is 0.284. The highest BCUT2D eigenvalue weighted by Crippen LogP contribution is 2.33. The van der Waals surface area contributed by atoms with Crippen LogP contribution in [0.5, 0.6) is 0 Å². The number of hydrogen-bond acceptors (Lipinski definition) is 2. The SMILES string of the molecule is CCNCCC(=O)N1CCCC1c1ccccc1C. The van der Waals surface area contributed by atoms with Crippen molar-refractivity contribution in [2.45, 2.75) is 39.2 Å². The predicted octanol–water partition coefficient (Wildman–Crippen LogP) is 2.66. The number of nitrogens with one attached hydrogen (secondary N) is 1. The second kappa shape index (κ2) is 6.71. The van der Waals surface area contributed by atoms with Gasteiger partial charge in [-0.3, -0.25) is 4.79 Å². The van der Waals surface area contributed by atoms with E-state index in [4.69, 9.17) is 0 Å². The van der Waals surface area contributed by atoms with E-state index in [-0.39, 0.29) is 11.9 Å². The molecule has 2 rings (SSSR count). The zero-order valence-electron chi connectivity index (χ0n) is 12.0. The van der Waals surface area contributed by atoms with E-state index in [1.54, 1.807) is 0 Å². The summed E-state index contributed by atoms with van der Waals surface area (Å²) in [6.45, 7) is 6.82. The number of rotatable bonds is 5. The molecule has 19 heavy (non-hydrogen) atoms. The van der Waals surface area contributed by atoms with Crippen LogP contribution in [-0.4, -0.2) is 30.4 Å². The van der Waals surface area contributed by atoms with Crippen molar-refractivity contribution in [3.63, 3.8) is 0 Å². The minimum Gasteiger partial charge on any atom is -0.336 e. The summed E-state index contributed by atoms with van der Waals surface area (Å²) in [5, 5.41) is 3.22. The quantitative estimate of drug-likeness (QED) is 0.826. The number of likely N-dealkylation sites (tertiary alicyclic amines) is 1. The van der Waals surface area contributed by atoms with Gasteiger partial charge in [0.15, 0.2) is 0 Å². The van der Waals surface area contributed by atoms with E-state index in [2.05, 4.69) is 48.3 Å². The van der Waals surface area contributed by atoms with Crippen molar-refractivity contribution >= 4 is 5.91 Å². The Labute approximate surface area is 116 Å². The fourth-order valence-corrected chi connectivity index (χ4v) is 2.86. The highest BCUT2D eigenvalue weighted by Gasteiger charge is 2.30. The normalized spacial score (nSPS) is 18.8. The van der Waals surface area contributed by atoms with Crippen LogP contribution in [0.4, 0.5) is 0 Å². The zero-order chi connectivity index (χ0) is 13.7. The number of amides is 1. The Balaban J connectivity index is 2.05. The monoisotopic (exact) mass is 260 g/mol. The molecule has 3 nitrogen and oxygen atoms in total. The van der Waals surface area contributed by atoms with Crippen molar-refractivity contribution in [1.82, 2.24) is 10.2 Å². The summed E-state index contributed by atoms with van der Waals surface area (Å²) in [6, 6.07) is 8.72. The van der Waals surface area contributed by atoms with Gasteiger partial charge in [0.1, 0.15) is 0 Å². The van der Waals surface area contributed by atoms with Crippen LogP contribution in [0.15, 0.2) is 24.3 Å². The first-order chi connectivity index (χ1) is 9.24. The molecule has 0 radical (unpaired) electrons. The Morgan fingerprint density at radius 2 is 2.21 bits per heavy atom. The maximum absolute atomic E-state index is 12.3. The number of carbonyl (C=O) groups excluding carboxylic acids is 1. The molecule has 0 spiro atoms. The van der Waals surface area contributed by atoms with Gasteiger partial charge in [0, 0.05) is 19.5 Å².